The van der Waals surface area contributed by atoms with Crippen LogP contribution in [0.2, 0.25) is 0 Å². The summed E-state index contributed by atoms with van der Waals surface area (Å²) in [6.45, 7) is 6.85. The lowest BCUT2D eigenvalue weighted by Crippen LogP contribution is -2.36. The Bertz CT molecular complexity index is 961. The number of morpholine rings is 1. The molecular weight excluding hydrogens is 364 g/mol. The molecule has 1 fully saturated rings. The highest BCUT2D eigenvalue weighted by molar-refractivity contribution is 7.16. The van der Waals surface area contributed by atoms with E-state index in [0.29, 0.717) is 0 Å². The fourth-order valence-corrected chi connectivity index (χ4v) is 4.37. The molecule has 2 aromatic heterocycles. The van der Waals surface area contributed by atoms with Crippen molar-refractivity contribution in [2.24, 2.45) is 0 Å². The number of pyridine rings is 1. The van der Waals surface area contributed by atoms with E-state index in [0.717, 1.165) is 44.1 Å². The first-order valence-electron chi connectivity index (χ1n) is 9.70. The van der Waals surface area contributed by atoms with Crippen molar-refractivity contribution in [1.82, 2.24) is 9.88 Å². The third kappa shape index (κ3) is 4.69. The molecule has 1 aliphatic heterocycles. The number of nitrogens with zero attached hydrogens (tertiary/aromatic N) is 2. The van der Waals surface area contributed by atoms with Crippen LogP contribution in [0.3, 0.4) is 0 Å². The summed E-state index contributed by atoms with van der Waals surface area (Å²) in [6, 6.07) is 15.1. The van der Waals surface area contributed by atoms with Crippen LogP contribution in [0.5, 0.6) is 0 Å². The van der Waals surface area contributed by atoms with E-state index in [1.54, 1.807) is 11.3 Å². The molecule has 0 spiro atoms. The topological polar surface area (TPSA) is 25.4 Å². The number of rotatable bonds is 4. The van der Waals surface area contributed by atoms with Gasteiger partial charge in [0.2, 0.25) is 0 Å². The van der Waals surface area contributed by atoms with Crippen molar-refractivity contribution in [2.75, 3.05) is 32.8 Å². The summed E-state index contributed by atoms with van der Waals surface area (Å²) in [7, 11) is 0. The molecule has 28 heavy (non-hydrogen) atoms. The van der Waals surface area contributed by atoms with Gasteiger partial charge in [-0.15, -0.1) is 11.3 Å². The molecule has 1 aromatic carbocycles. The van der Waals surface area contributed by atoms with Crippen LogP contribution in [0, 0.1) is 18.8 Å². The minimum Gasteiger partial charge on any atom is -0.379 e. The Morgan fingerprint density at radius 2 is 1.79 bits per heavy atom. The standard InChI is InChI=1S/C24H24N2OS/c1-19-5-7-21(8-6-19)24-23(20-9-11-25-12-10-20)18-22(28-24)4-2-3-13-26-14-16-27-17-15-26/h5-12,18H,3,13-17H2,1H3. The summed E-state index contributed by atoms with van der Waals surface area (Å²) in [4.78, 5) is 8.96. The number of hydrogen-bond acceptors (Lipinski definition) is 4. The second-order valence-electron chi connectivity index (χ2n) is 6.96. The monoisotopic (exact) mass is 388 g/mol. The third-order valence-electron chi connectivity index (χ3n) is 4.91. The minimum absolute atomic E-state index is 0.841. The van der Waals surface area contributed by atoms with Gasteiger partial charge < -0.3 is 4.74 Å². The second kappa shape index (κ2) is 9.16. The van der Waals surface area contributed by atoms with Gasteiger partial charge in [-0.2, -0.15) is 0 Å². The van der Waals surface area contributed by atoms with Crippen LogP contribution in [0.4, 0.5) is 0 Å². The van der Waals surface area contributed by atoms with E-state index in [2.05, 4.69) is 71.1 Å². The van der Waals surface area contributed by atoms with Crippen LogP contribution in [-0.2, 0) is 4.74 Å². The van der Waals surface area contributed by atoms with Gasteiger partial charge in [-0.05, 0) is 36.2 Å². The first kappa shape index (κ1) is 18.9. The highest BCUT2D eigenvalue weighted by Crippen LogP contribution is 2.39. The number of benzene rings is 1. The Balaban J connectivity index is 1.57. The minimum atomic E-state index is 0.841. The SMILES string of the molecule is Cc1ccc(-c2sc(C#CCCN3CCOCC3)cc2-c2ccncc2)cc1. The van der Waals surface area contributed by atoms with Crippen LogP contribution in [0.15, 0.2) is 54.9 Å². The largest absolute Gasteiger partial charge is 0.379 e. The summed E-state index contributed by atoms with van der Waals surface area (Å²) in [5.74, 6) is 6.76. The summed E-state index contributed by atoms with van der Waals surface area (Å²) in [6.07, 6.45) is 4.58. The van der Waals surface area contributed by atoms with Crippen molar-refractivity contribution in [3.05, 3.63) is 65.3 Å². The predicted octanol–water partition coefficient (Wildman–Crippen LogP) is 4.86. The molecule has 0 N–H and O–H groups in total. The van der Waals surface area contributed by atoms with Gasteiger partial charge >= 0.3 is 0 Å². The molecule has 0 aliphatic carbocycles. The van der Waals surface area contributed by atoms with Crippen molar-refractivity contribution in [3.8, 4) is 33.4 Å². The van der Waals surface area contributed by atoms with Gasteiger partial charge in [0, 0.05) is 48.9 Å². The molecule has 142 valence electrons. The summed E-state index contributed by atoms with van der Waals surface area (Å²) in [5, 5.41) is 0. The average Bonchev–Trinajstić information content (AvgIpc) is 3.17. The zero-order valence-corrected chi connectivity index (χ0v) is 17.0. The number of aromatic nitrogens is 1. The third-order valence-corrected chi connectivity index (χ3v) is 6.01. The van der Waals surface area contributed by atoms with E-state index in [9.17, 15) is 0 Å². The molecule has 0 bridgehead atoms. The van der Waals surface area contributed by atoms with Gasteiger partial charge in [0.1, 0.15) is 0 Å². The molecule has 4 rings (SSSR count). The van der Waals surface area contributed by atoms with Crippen molar-refractivity contribution < 1.29 is 4.74 Å². The summed E-state index contributed by atoms with van der Waals surface area (Å²) >= 11 is 1.77. The Hall–Kier alpha value is -2.45. The van der Waals surface area contributed by atoms with E-state index in [1.807, 2.05) is 12.4 Å². The molecule has 0 atom stereocenters. The molecule has 3 aromatic rings. The normalized spacial score (nSPS) is 14.5. The van der Waals surface area contributed by atoms with Crippen LogP contribution >= 0.6 is 11.3 Å². The Morgan fingerprint density at radius 3 is 2.54 bits per heavy atom. The maximum absolute atomic E-state index is 5.40. The molecule has 3 heterocycles. The lowest BCUT2D eigenvalue weighted by Gasteiger charge is -2.25. The average molecular weight is 389 g/mol. The number of thiophene rings is 1. The predicted molar refractivity (Wildman–Crippen MR) is 116 cm³/mol. The molecule has 1 saturated heterocycles. The van der Waals surface area contributed by atoms with E-state index in [4.69, 9.17) is 4.74 Å². The zero-order chi connectivity index (χ0) is 19.2. The molecular formula is C24H24N2OS. The van der Waals surface area contributed by atoms with E-state index >= 15 is 0 Å². The van der Waals surface area contributed by atoms with Crippen LogP contribution in [-0.4, -0.2) is 42.7 Å². The molecule has 0 radical (unpaired) electrons. The molecule has 4 heteroatoms. The summed E-state index contributed by atoms with van der Waals surface area (Å²) in [5.41, 5.74) is 4.93. The van der Waals surface area contributed by atoms with Crippen molar-refractivity contribution >= 4 is 11.3 Å². The van der Waals surface area contributed by atoms with Gasteiger partial charge in [0.05, 0.1) is 18.1 Å². The van der Waals surface area contributed by atoms with Crippen molar-refractivity contribution in [1.29, 1.82) is 0 Å². The number of ether oxygens (including phenoxy) is 1. The van der Waals surface area contributed by atoms with Crippen LogP contribution < -0.4 is 0 Å². The van der Waals surface area contributed by atoms with Gasteiger partial charge in [0.25, 0.3) is 0 Å². The molecule has 0 amide bonds. The molecule has 0 unspecified atom stereocenters. The highest BCUT2D eigenvalue weighted by Gasteiger charge is 2.12. The Kier molecular flexibility index (Phi) is 6.18. The first-order valence-corrected chi connectivity index (χ1v) is 10.5. The fourth-order valence-electron chi connectivity index (χ4n) is 3.31. The van der Waals surface area contributed by atoms with E-state index < -0.39 is 0 Å². The maximum Gasteiger partial charge on any atom is 0.0781 e. The first-order chi connectivity index (χ1) is 13.8. The fraction of sp³-hybridized carbons (Fsp3) is 0.292. The van der Waals surface area contributed by atoms with Crippen molar-refractivity contribution in [2.45, 2.75) is 13.3 Å². The molecule has 0 saturated carbocycles. The van der Waals surface area contributed by atoms with E-state index in [-0.39, 0.29) is 0 Å². The second-order valence-corrected chi connectivity index (χ2v) is 8.01. The summed E-state index contributed by atoms with van der Waals surface area (Å²) < 4.78 is 5.40. The zero-order valence-electron chi connectivity index (χ0n) is 16.1. The Morgan fingerprint density at radius 1 is 1.04 bits per heavy atom. The van der Waals surface area contributed by atoms with Gasteiger partial charge in [-0.25, -0.2) is 0 Å². The maximum atomic E-state index is 5.40. The Labute approximate surface area is 171 Å². The van der Waals surface area contributed by atoms with Crippen molar-refractivity contribution in [3.63, 3.8) is 0 Å². The van der Waals surface area contributed by atoms with E-state index in [1.165, 1.54) is 27.1 Å². The van der Waals surface area contributed by atoms with Gasteiger partial charge in [-0.1, -0.05) is 41.7 Å². The van der Waals surface area contributed by atoms with Gasteiger partial charge in [0.15, 0.2) is 0 Å². The lowest BCUT2D eigenvalue weighted by molar-refractivity contribution is 0.0390. The lowest BCUT2D eigenvalue weighted by atomic mass is 10.0. The number of hydrogen-bond donors (Lipinski definition) is 0. The molecule has 1 aliphatic rings. The quantitative estimate of drug-likeness (QED) is 0.597. The highest BCUT2D eigenvalue weighted by atomic mass is 32.1. The van der Waals surface area contributed by atoms with Crippen LogP contribution in [0.1, 0.15) is 16.9 Å². The van der Waals surface area contributed by atoms with Crippen LogP contribution in [0.25, 0.3) is 21.6 Å². The smallest absolute Gasteiger partial charge is 0.0781 e. The number of aryl methyl sites for hydroxylation is 1. The van der Waals surface area contributed by atoms with Gasteiger partial charge in [-0.3, -0.25) is 9.88 Å². The molecule has 3 nitrogen and oxygen atoms in total.